The first-order valence-electron chi connectivity index (χ1n) is 5.90. The Bertz CT molecular complexity index is 439. The molecule has 17 heavy (non-hydrogen) atoms. The van der Waals surface area contributed by atoms with Crippen LogP contribution in [0, 0.1) is 17.2 Å². The highest BCUT2D eigenvalue weighted by Gasteiger charge is 2.22. The summed E-state index contributed by atoms with van der Waals surface area (Å²) in [5.41, 5.74) is 7.82. The fourth-order valence-electron chi connectivity index (χ4n) is 2.32. The van der Waals surface area contributed by atoms with Crippen LogP contribution >= 0.6 is 0 Å². The van der Waals surface area contributed by atoms with Crippen LogP contribution in [0.2, 0.25) is 0 Å². The Morgan fingerprint density at radius 1 is 1.53 bits per heavy atom. The van der Waals surface area contributed by atoms with E-state index in [-0.39, 0.29) is 6.61 Å². The summed E-state index contributed by atoms with van der Waals surface area (Å²) in [4.78, 5) is 2.25. The van der Waals surface area contributed by atoms with Gasteiger partial charge in [0.15, 0.2) is 0 Å². The van der Waals surface area contributed by atoms with Gasteiger partial charge in [-0.15, -0.1) is 0 Å². The molecule has 0 amide bonds. The van der Waals surface area contributed by atoms with Crippen molar-refractivity contribution in [3.05, 3.63) is 23.8 Å². The molecule has 0 bridgehead atoms. The summed E-state index contributed by atoms with van der Waals surface area (Å²) >= 11 is 0. The Labute approximate surface area is 101 Å². The highest BCUT2D eigenvalue weighted by molar-refractivity contribution is 5.63. The quantitative estimate of drug-likeness (QED) is 0.770. The van der Waals surface area contributed by atoms with Crippen molar-refractivity contribution in [2.75, 3.05) is 30.3 Å². The van der Waals surface area contributed by atoms with Gasteiger partial charge < -0.3 is 15.7 Å². The number of hydrogen-bond donors (Lipinski definition) is 2. The molecule has 0 saturated carbocycles. The lowest BCUT2D eigenvalue weighted by atomic mass is 10.1. The Morgan fingerprint density at radius 2 is 2.35 bits per heavy atom. The zero-order chi connectivity index (χ0) is 12.3. The zero-order valence-corrected chi connectivity index (χ0v) is 9.76. The van der Waals surface area contributed by atoms with Crippen molar-refractivity contribution < 1.29 is 5.11 Å². The van der Waals surface area contributed by atoms with E-state index in [0.29, 0.717) is 17.2 Å². The lowest BCUT2D eigenvalue weighted by Gasteiger charge is -2.19. The van der Waals surface area contributed by atoms with Crippen molar-refractivity contribution in [1.82, 2.24) is 0 Å². The summed E-state index contributed by atoms with van der Waals surface area (Å²) in [5.74, 6) is 0.558. The molecule has 0 spiro atoms. The molecule has 2 rings (SSSR count). The second kappa shape index (κ2) is 5.07. The number of anilines is 2. The summed E-state index contributed by atoms with van der Waals surface area (Å²) in [6, 6.07) is 7.69. The van der Waals surface area contributed by atoms with E-state index >= 15 is 0 Å². The number of aliphatic hydroxyl groups excluding tert-OH is 1. The molecule has 1 aromatic carbocycles. The molecule has 1 aliphatic rings. The molecule has 0 radical (unpaired) electrons. The van der Waals surface area contributed by atoms with Crippen LogP contribution in [0.3, 0.4) is 0 Å². The maximum Gasteiger partial charge on any atom is 0.101 e. The average molecular weight is 231 g/mol. The molecule has 0 aliphatic carbocycles. The van der Waals surface area contributed by atoms with Gasteiger partial charge >= 0.3 is 0 Å². The molecule has 1 fully saturated rings. The van der Waals surface area contributed by atoms with E-state index < -0.39 is 0 Å². The van der Waals surface area contributed by atoms with Crippen molar-refractivity contribution in [3.63, 3.8) is 0 Å². The molecule has 3 N–H and O–H groups in total. The summed E-state index contributed by atoms with van der Waals surface area (Å²) < 4.78 is 0. The van der Waals surface area contributed by atoms with Crippen molar-refractivity contribution in [2.24, 2.45) is 5.92 Å². The van der Waals surface area contributed by atoms with E-state index in [9.17, 15) is 0 Å². The smallest absolute Gasteiger partial charge is 0.101 e. The Kier molecular flexibility index (Phi) is 3.50. The van der Waals surface area contributed by atoms with Gasteiger partial charge in [0.25, 0.3) is 0 Å². The molecular formula is C13H17N3O. The van der Waals surface area contributed by atoms with Crippen LogP contribution in [-0.4, -0.2) is 24.8 Å². The monoisotopic (exact) mass is 231 g/mol. The number of hydrogen-bond acceptors (Lipinski definition) is 4. The fraction of sp³-hybridized carbons (Fsp3) is 0.462. The molecule has 1 unspecified atom stereocenters. The normalized spacial score (nSPS) is 19.3. The van der Waals surface area contributed by atoms with E-state index in [1.54, 1.807) is 6.07 Å². The van der Waals surface area contributed by atoms with Gasteiger partial charge in [0.05, 0.1) is 5.56 Å². The van der Waals surface area contributed by atoms with Gasteiger partial charge in [-0.05, 0) is 37.0 Å². The highest BCUT2D eigenvalue weighted by Crippen LogP contribution is 2.27. The number of nitrogen functional groups attached to an aromatic ring is 1. The maximum absolute atomic E-state index is 8.94. The van der Waals surface area contributed by atoms with Gasteiger partial charge in [-0.2, -0.15) is 5.26 Å². The van der Waals surface area contributed by atoms with Gasteiger partial charge in [-0.3, -0.25) is 0 Å². The average Bonchev–Trinajstić information content (AvgIpc) is 2.79. The third kappa shape index (κ3) is 2.51. The van der Waals surface area contributed by atoms with Crippen LogP contribution in [0.1, 0.15) is 18.4 Å². The Hall–Kier alpha value is -1.73. The lowest BCUT2D eigenvalue weighted by molar-refractivity contribution is 0.263. The van der Waals surface area contributed by atoms with Crippen molar-refractivity contribution in [2.45, 2.75) is 12.8 Å². The van der Waals surface area contributed by atoms with E-state index in [1.165, 1.54) is 0 Å². The second-order valence-corrected chi connectivity index (χ2v) is 4.50. The van der Waals surface area contributed by atoms with E-state index in [2.05, 4.69) is 11.0 Å². The zero-order valence-electron chi connectivity index (χ0n) is 9.76. The van der Waals surface area contributed by atoms with Crippen molar-refractivity contribution >= 4 is 11.4 Å². The third-order valence-corrected chi connectivity index (χ3v) is 3.35. The van der Waals surface area contributed by atoms with Gasteiger partial charge in [-0.1, -0.05) is 0 Å². The molecule has 1 aliphatic heterocycles. The number of rotatable bonds is 3. The van der Waals surface area contributed by atoms with E-state index in [0.717, 1.165) is 31.6 Å². The van der Waals surface area contributed by atoms with E-state index in [1.807, 2.05) is 12.1 Å². The maximum atomic E-state index is 8.94. The minimum Gasteiger partial charge on any atom is -0.398 e. The topological polar surface area (TPSA) is 73.3 Å². The van der Waals surface area contributed by atoms with Crippen LogP contribution in [0.15, 0.2) is 18.2 Å². The SMILES string of the molecule is N#Cc1cc(N2CCC(CCO)C2)ccc1N. The Balaban J connectivity index is 2.11. The minimum atomic E-state index is 0.254. The number of nitrogens with two attached hydrogens (primary N) is 1. The molecule has 1 aromatic rings. The molecule has 0 aromatic heterocycles. The fourth-order valence-corrected chi connectivity index (χ4v) is 2.32. The van der Waals surface area contributed by atoms with Crippen LogP contribution in [0.5, 0.6) is 0 Å². The number of nitriles is 1. The first-order chi connectivity index (χ1) is 8.24. The predicted octanol–water partition coefficient (Wildman–Crippen LogP) is 1.35. The number of nitrogens with zero attached hydrogens (tertiary/aromatic N) is 2. The van der Waals surface area contributed by atoms with Crippen LogP contribution in [0.25, 0.3) is 0 Å². The highest BCUT2D eigenvalue weighted by atomic mass is 16.3. The molecule has 1 heterocycles. The Morgan fingerprint density at radius 3 is 3.06 bits per heavy atom. The summed E-state index contributed by atoms with van der Waals surface area (Å²) in [6.07, 6.45) is 1.96. The molecule has 90 valence electrons. The van der Waals surface area contributed by atoms with Gasteiger partial charge in [0.2, 0.25) is 0 Å². The second-order valence-electron chi connectivity index (χ2n) is 4.50. The number of aliphatic hydroxyl groups is 1. The van der Waals surface area contributed by atoms with Crippen molar-refractivity contribution in [3.8, 4) is 6.07 Å². The summed E-state index contributed by atoms with van der Waals surface area (Å²) in [6.45, 7) is 2.19. The van der Waals surface area contributed by atoms with Crippen molar-refractivity contribution in [1.29, 1.82) is 5.26 Å². The predicted molar refractivity (Wildman–Crippen MR) is 67.6 cm³/mol. The van der Waals surface area contributed by atoms with Crippen LogP contribution in [0.4, 0.5) is 11.4 Å². The first kappa shape index (κ1) is 11.7. The van der Waals surface area contributed by atoms with Crippen LogP contribution in [-0.2, 0) is 0 Å². The minimum absolute atomic E-state index is 0.254. The van der Waals surface area contributed by atoms with Gasteiger partial charge in [0, 0.05) is 31.1 Å². The summed E-state index contributed by atoms with van der Waals surface area (Å²) in [5, 5.41) is 17.9. The lowest BCUT2D eigenvalue weighted by Crippen LogP contribution is -2.20. The van der Waals surface area contributed by atoms with Crippen LogP contribution < -0.4 is 10.6 Å². The molecule has 4 nitrogen and oxygen atoms in total. The molecule has 4 heteroatoms. The third-order valence-electron chi connectivity index (χ3n) is 3.35. The van der Waals surface area contributed by atoms with E-state index in [4.69, 9.17) is 16.1 Å². The summed E-state index contributed by atoms with van der Waals surface area (Å²) in [7, 11) is 0. The first-order valence-corrected chi connectivity index (χ1v) is 5.90. The standard InChI is InChI=1S/C13H17N3O/c14-8-11-7-12(1-2-13(11)15)16-5-3-10(9-16)4-6-17/h1-2,7,10,17H,3-6,9,15H2. The van der Waals surface area contributed by atoms with Gasteiger partial charge in [-0.25, -0.2) is 0 Å². The molecule has 1 saturated heterocycles. The van der Waals surface area contributed by atoms with Gasteiger partial charge in [0.1, 0.15) is 6.07 Å². The largest absolute Gasteiger partial charge is 0.398 e. The number of benzene rings is 1. The molecule has 1 atom stereocenters. The molecular weight excluding hydrogens is 214 g/mol.